The van der Waals surface area contributed by atoms with Gasteiger partial charge in [0.1, 0.15) is 11.5 Å². The highest BCUT2D eigenvalue weighted by Crippen LogP contribution is 2.26. The minimum absolute atomic E-state index is 0.0330. The second-order valence-corrected chi connectivity index (χ2v) is 7.13. The van der Waals surface area contributed by atoms with E-state index in [0.717, 1.165) is 5.56 Å². The van der Waals surface area contributed by atoms with Crippen LogP contribution >= 0.6 is 11.6 Å². The van der Waals surface area contributed by atoms with Crippen molar-refractivity contribution in [2.45, 2.75) is 25.4 Å². The van der Waals surface area contributed by atoms with Gasteiger partial charge in [-0.2, -0.15) is 4.98 Å². The number of rotatable bonds is 5. The largest absolute Gasteiger partial charge is 0.356 e. The average Bonchev–Trinajstić information content (AvgIpc) is 3.29. The number of nitrogens with one attached hydrogen (secondary N) is 1. The first-order valence-electron chi connectivity index (χ1n) is 8.87. The molecule has 144 valence electrons. The molecule has 0 bridgehead atoms. The average molecular weight is 399 g/mol. The predicted octanol–water partition coefficient (Wildman–Crippen LogP) is 3.02. The van der Waals surface area contributed by atoms with E-state index < -0.39 is 0 Å². The lowest BCUT2D eigenvalue weighted by atomic mass is 10.1. The highest BCUT2D eigenvalue weighted by molar-refractivity contribution is 6.30. The topological polar surface area (TPSA) is 110 Å². The van der Waals surface area contributed by atoms with Crippen molar-refractivity contribution in [1.29, 1.82) is 0 Å². The molecule has 3 N–H and O–H groups in total. The molecule has 28 heavy (non-hydrogen) atoms. The molecule has 9 heteroatoms. The van der Waals surface area contributed by atoms with E-state index in [1.807, 2.05) is 25.1 Å². The van der Waals surface area contributed by atoms with Gasteiger partial charge >= 0.3 is 0 Å². The van der Waals surface area contributed by atoms with Crippen LogP contribution in [0.2, 0.25) is 5.02 Å². The number of halogens is 1. The second-order valence-electron chi connectivity index (χ2n) is 6.70. The maximum atomic E-state index is 12.0. The van der Waals surface area contributed by atoms with E-state index in [4.69, 9.17) is 21.9 Å². The van der Waals surface area contributed by atoms with Gasteiger partial charge in [-0.05, 0) is 37.3 Å². The predicted molar refractivity (Wildman–Crippen MR) is 106 cm³/mol. The Balaban J connectivity index is 1.48. The van der Waals surface area contributed by atoms with Crippen LogP contribution in [0.5, 0.6) is 0 Å². The van der Waals surface area contributed by atoms with E-state index in [2.05, 4.69) is 20.4 Å². The molecular formula is C19H19ClN6O2. The molecule has 0 aliphatic carbocycles. The van der Waals surface area contributed by atoms with Crippen molar-refractivity contribution in [2.24, 2.45) is 5.73 Å². The summed E-state index contributed by atoms with van der Waals surface area (Å²) in [6, 6.07) is 10.5. The molecule has 2 aromatic heterocycles. The Bertz CT molecular complexity index is 990. The Hall–Kier alpha value is -2.97. The lowest BCUT2D eigenvalue weighted by Crippen LogP contribution is -2.29. The van der Waals surface area contributed by atoms with E-state index in [-0.39, 0.29) is 18.0 Å². The summed E-state index contributed by atoms with van der Waals surface area (Å²) in [5.74, 6) is 1.54. The molecule has 0 radical (unpaired) electrons. The van der Waals surface area contributed by atoms with Gasteiger partial charge in [-0.3, -0.25) is 9.69 Å². The lowest BCUT2D eigenvalue weighted by Gasteiger charge is -2.16. The lowest BCUT2D eigenvalue weighted by molar-refractivity contribution is -0.117. The molecular weight excluding hydrogens is 380 g/mol. The van der Waals surface area contributed by atoms with Crippen molar-refractivity contribution in [3.63, 3.8) is 0 Å². The molecule has 3 aromatic rings. The van der Waals surface area contributed by atoms with Crippen LogP contribution in [0.3, 0.4) is 0 Å². The van der Waals surface area contributed by atoms with Crippen LogP contribution in [0.15, 0.2) is 47.1 Å². The number of hydrogen-bond donors (Lipinski definition) is 2. The van der Waals surface area contributed by atoms with Gasteiger partial charge in [0.05, 0.1) is 6.04 Å². The zero-order valence-corrected chi connectivity index (χ0v) is 15.9. The molecule has 1 aliphatic rings. The van der Waals surface area contributed by atoms with E-state index >= 15 is 0 Å². The quantitative estimate of drug-likeness (QED) is 0.679. The summed E-state index contributed by atoms with van der Waals surface area (Å²) in [7, 11) is 0. The molecule has 2 atom stereocenters. The maximum absolute atomic E-state index is 12.0. The van der Waals surface area contributed by atoms with E-state index in [1.54, 1.807) is 29.3 Å². The first-order valence-corrected chi connectivity index (χ1v) is 9.25. The number of benzene rings is 1. The standard InChI is InChI=1S/C19H19ClN6O2/c1-11(15-9-16(28-25-15)12-2-4-13(20)5-3-12)23-19-22-7-6-17(24-19)26-10-14(21)8-18(26)27/h2-7,9,11,14H,8,10,21H2,1H3,(H,22,23,24)/t11-,14-/m0/s1. The van der Waals surface area contributed by atoms with Crippen molar-refractivity contribution in [2.75, 3.05) is 16.8 Å². The fourth-order valence-corrected chi connectivity index (χ4v) is 3.16. The fraction of sp³-hybridized carbons (Fsp3) is 0.263. The van der Waals surface area contributed by atoms with Crippen molar-refractivity contribution in [1.82, 2.24) is 15.1 Å². The molecule has 0 unspecified atom stereocenters. The molecule has 0 spiro atoms. The smallest absolute Gasteiger partial charge is 0.229 e. The summed E-state index contributed by atoms with van der Waals surface area (Å²) in [5, 5.41) is 7.97. The minimum Gasteiger partial charge on any atom is -0.356 e. The van der Waals surface area contributed by atoms with Crippen molar-refractivity contribution in [3.8, 4) is 11.3 Å². The summed E-state index contributed by atoms with van der Waals surface area (Å²) in [6.45, 7) is 2.38. The Morgan fingerprint density at radius 3 is 2.82 bits per heavy atom. The first kappa shape index (κ1) is 18.4. The van der Waals surface area contributed by atoms with Crippen LogP contribution in [-0.2, 0) is 4.79 Å². The molecule has 3 heterocycles. The number of hydrogen-bond acceptors (Lipinski definition) is 7. The fourth-order valence-electron chi connectivity index (χ4n) is 3.04. The van der Waals surface area contributed by atoms with Crippen molar-refractivity contribution < 1.29 is 9.32 Å². The van der Waals surface area contributed by atoms with E-state index in [1.165, 1.54) is 0 Å². The molecule has 1 amide bonds. The van der Waals surface area contributed by atoms with Crippen LogP contribution in [0.25, 0.3) is 11.3 Å². The molecule has 0 saturated carbocycles. The summed E-state index contributed by atoms with van der Waals surface area (Å²) < 4.78 is 5.44. The van der Waals surface area contributed by atoms with Crippen LogP contribution in [-0.4, -0.2) is 33.6 Å². The van der Waals surface area contributed by atoms with Gasteiger partial charge in [-0.25, -0.2) is 4.98 Å². The zero-order valence-electron chi connectivity index (χ0n) is 15.2. The Kier molecular flexibility index (Phi) is 4.97. The van der Waals surface area contributed by atoms with Gasteiger partial charge in [0.25, 0.3) is 0 Å². The van der Waals surface area contributed by atoms with Crippen LogP contribution in [0, 0.1) is 0 Å². The van der Waals surface area contributed by atoms with E-state index in [9.17, 15) is 4.79 Å². The highest BCUT2D eigenvalue weighted by atomic mass is 35.5. The third kappa shape index (κ3) is 3.83. The van der Waals surface area contributed by atoms with Gasteiger partial charge in [0, 0.05) is 41.9 Å². The summed E-state index contributed by atoms with van der Waals surface area (Å²) in [4.78, 5) is 22.3. The summed E-state index contributed by atoms with van der Waals surface area (Å²) >= 11 is 5.92. The molecule has 1 fully saturated rings. The Morgan fingerprint density at radius 2 is 2.11 bits per heavy atom. The minimum atomic E-state index is -0.198. The molecule has 1 aromatic carbocycles. The van der Waals surface area contributed by atoms with Gasteiger partial charge in [0.15, 0.2) is 5.76 Å². The number of anilines is 2. The van der Waals surface area contributed by atoms with Gasteiger partial charge in [0.2, 0.25) is 11.9 Å². The number of carbonyl (C=O) groups excluding carboxylic acids is 1. The van der Waals surface area contributed by atoms with Crippen LogP contribution < -0.4 is 16.0 Å². The zero-order chi connectivity index (χ0) is 19.7. The normalized spacial score (nSPS) is 17.8. The van der Waals surface area contributed by atoms with Crippen molar-refractivity contribution in [3.05, 3.63) is 53.3 Å². The number of nitrogens with two attached hydrogens (primary N) is 1. The molecule has 1 aliphatic heterocycles. The highest BCUT2D eigenvalue weighted by Gasteiger charge is 2.29. The first-order chi connectivity index (χ1) is 13.5. The summed E-state index contributed by atoms with van der Waals surface area (Å²) in [5.41, 5.74) is 7.45. The SMILES string of the molecule is C[C@H](Nc1nccc(N2C[C@@H](N)CC2=O)n1)c1cc(-c2ccc(Cl)cc2)on1. The van der Waals surface area contributed by atoms with E-state index in [0.29, 0.717) is 41.2 Å². The number of nitrogens with zero attached hydrogens (tertiary/aromatic N) is 4. The van der Waals surface area contributed by atoms with Crippen LogP contribution in [0.4, 0.5) is 11.8 Å². The van der Waals surface area contributed by atoms with Crippen LogP contribution in [0.1, 0.15) is 25.1 Å². The maximum Gasteiger partial charge on any atom is 0.229 e. The van der Waals surface area contributed by atoms with Crippen molar-refractivity contribution >= 4 is 29.3 Å². The second kappa shape index (κ2) is 7.57. The Labute approximate surface area is 166 Å². The van der Waals surface area contributed by atoms with Gasteiger partial charge < -0.3 is 15.6 Å². The number of aromatic nitrogens is 3. The summed E-state index contributed by atoms with van der Waals surface area (Å²) in [6.07, 6.45) is 1.94. The van der Waals surface area contributed by atoms with Gasteiger partial charge in [-0.15, -0.1) is 0 Å². The molecule has 4 rings (SSSR count). The number of amides is 1. The third-order valence-electron chi connectivity index (χ3n) is 4.52. The van der Waals surface area contributed by atoms with Gasteiger partial charge in [-0.1, -0.05) is 16.8 Å². The monoisotopic (exact) mass is 398 g/mol. The molecule has 1 saturated heterocycles. The third-order valence-corrected chi connectivity index (χ3v) is 4.77. The molecule has 8 nitrogen and oxygen atoms in total. The Morgan fingerprint density at radius 1 is 1.32 bits per heavy atom. The number of carbonyl (C=O) groups is 1.